The van der Waals surface area contributed by atoms with Gasteiger partial charge in [-0.05, 0) is 32.6 Å². The predicted octanol–water partition coefficient (Wildman–Crippen LogP) is -1.87. The van der Waals surface area contributed by atoms with Crippen LogP contribution in [0.5, 0.6) is 0 Å². The fourth-order valence-corrected chi connectivity index (χ4v) is 6.28. The Morgan fingerprint density at radius 2 is 1.49 bits per heavy atom. The summed E-state index contributed by atoms with van der Waals surface area (Å²) in [4.78, 5) is 76.1. The Balaban J connectivity index is 0.000000208. The van der Waals surface area contributed by atoms with Crippen LogP contribution >= 0.6 is 0 Å². The van der Waals surface area contributed by atoms with E-state index in [0.717, 1.165) is 19.2 Å². The highest BCUT2D eigenvalue weighted by Gasteiger charge is 2.60. The molecule has 0 bridgehead atoms. The molecule has 1 aromatic rings. The molecule has 4 saturated heterocycles. The van der Waals surface area contributed by atoms with Crippen LogP contribution in [0.4, 0.5) is 0 Å². The summed E-state index contributed by atoms with van der Waals surface area (Å²) >= 11 is 0. The van der Waals surface area contributed by atoms with Crippen molar-refractivity contribution in [1.82, 2.24) is 35.1 Å². The van der Waals surface area contributed by atoms with Gasteiger partial charge in [0.25, 0.3) is 11.8 Å². The van der Waals surface area contributed by atoms with Gasteiger partial charge in [-0.2, -0.15) is 0 Å². The van der Waals surface area contributed by atoms with Gasteiger partial charge < -0.3 is 39.5 Å². The summed E-state index contributed by atoms with van der Waals surface area (Å²) in [5, 5.41) is 28.2. The first-order valence-electron chi connectivity index (χ1n) is 13.4. The van der Waals surface area contributed by atoms with E-state index in [1.165, 1.54) is 30.6 Å². The van der Waals surface area contributed by atoms with E-state index in [-0.39, 0.29) is 42.6 Å². The molecule has 16 nitrogen and oxygen atoms in total. The third-order valence-electron chi connectivity index (χ3n) is 8.12. The number of carboxylic acid groups (broad SMARTS) is 1. The SMILES string of the molecule is CC(=O)N1CCCC12CN(CC(=O)N[C@H](c1nnco1)[C@@H](C)O)C2=O.CC(=O)N1CCCC12CN(CC(=O)O)C2=O. The van der Waals surface area contributed by atoms with Gasteiger partial charge in [0.1, 0.15) is 23.7 Å². The molecule has 5 heterocycles. The van der Waals surface area contributed by atoms with Crippen LogP contribution in [-0.4, -0.2) is 132 Å². The molecule has 224 valence electrons. The number of hydrogen-bond donors (Lipinski definition) is 3. The minimum atomic E-state index is -1.02. The molecule has 2 spiro atoms. The Morgan fingerprint density at radius 1 is 0.976 bits per heavy atom. The monoisotopic (exact) mass is 577 g/mol. The summed E-state index contributed by atoms with van der Waals surface area (Å²) in [5.41, 5.74) is -1.50. The van der Waals surface area contributed by atoms with Crippen molar-refractivity contribution in [3.8, 4) is 0 Å². The lowest BCUT2D eigenvalue weighted by atomic mass is 9.85. The van der Waals surface area contributed by atoms with Crippen LogP contribution in [0.2, 0.25) is 0 Å². The van der Waals surface area contributed by atoms with Gasteiger partial charge in [0, 0.05) is 26.9 Å². The Bertz CT molecular complexity index is 1220. The fourth-order valence-electron chi connectivity index (χ4n) is 6.28. The molecule has 5 amide bonds. The average molecular weight is 578 g/mol. The minimum Gasteiger partial charge on any atom is -0.480 e. The van der Waals surface area contributed by atoms with Crippen molar-refractivity contribution in [2.75, 3.05) is 39.3 Å². The van der Waals surface area contributed by atoms with Crippen molar-refractivity contribution in [1.29, 1.82) is 0 Å². The molecule has 4 aliphatic heterocycles. The van der Waals surface area contributed by atoms with Crippen LogP contribution in [0.15, 0.2) is 10.8 Å². The number of aromatic nitrogens is 2. The van der Waals surface area contributed by atoms with Gasteiger partial charge in [-0.3, -0.25) is 28.8 Å². The number of likely N-dealkylation sites (tertiary alicyclic amines) is 4. The first-order chi connectivity index (χ1) is 19.3. The number of β-lactam (4-membered cyclic amide) rings is 2. The molecule has 1 aromatic heterocycles. The third-order valence-corrected chi connectivity index (χ3v) is 8.12. The summed E-state index contributed by atoms with van der Waals surface area (Å²) in [5.74, 6) is -2.03. The first kappa shape index (κ1) is 29.9. The largest absolute Gasteiger partial charge is 0.480 e. The van der Waals surface area contributed by atoms with Gasteiger partial charge in [0.15, 0.2) is 0 Å². The second-order valence-electron chi connectivity index (χ2n) is 10.9. The zero-order valence-electron chi connectivity index (χ0n) is 23.2. The molecule has 4 aliphatic rings. The van der Waals surface area contributed by atoms with Gasteiger partial charge in [-0.25, -0.2) is 0 Å². The van der Waals surface area contributed by atoms with E-state index in [2.05, 4.69) is 15.5 Å². The Labute approximate surface area is 235 Å². The molecule has 4 fully saturated rings. The molecule has 2 unspecified atom stereocenters. The Hall–Kier alpha value is -4.08. The molecule has 3 N–H and O–H groups in total. The average Bonchev–Trinajstić information content (AvgIpc) is 3.67. The highest BCUT2D eigenvalue weighted by molar-refractivity contribution is 5.99. The maximum Gasteiger partial charge on any atom is 0.323 e. The van der Waals surface area contributed by atoms with Gasteiger partial charge in [-0.15, -0.1) is 10.2 Å². The summed E-state index contributed by atoms with van der Waals surface area (Å²) in [6.45, 7) is 5.84. The minimum absolute atomic E-state index is 0.0910. The quantitative estimate of drug-likeness (QED) is 0.306. The second-order valence-corrected chi connectivity index (χ2v) is 10.9. The number of nitrogens with one attached hydrogen (secondary N) is 1. The number of carbonyl (C=O) groups excluding carboxylic acids is 5. The van der Waals surface area contributed by atoms with Crippen LogP contribution in [0, 0.1) is 0 Å². The van der Waals surface area contributed by atoms with Gasteiger partial charge >= 0.3 is 5.97 Å². The Morgan fingerprint density at radius 3 is 1.88 bits per heavy atom. The van der Waals surface area contributed by atoms with Gasteiger partial charge in [0.2, 0.25) is 30.0 Å². The lowest BCUT2D eigenvalue weighted by molar-refractivity contribution is -0.170. The van der Waals surface area contributed by atoms with E-state index >= 15 is 0 Å². The van der Waals surface area contributed by atoms with Crippen molar-refractivity contribution in [3.05, 3.63) is 12.3 Å². The lowest BCUT2D eigenvalue weighted by Crippen LogP contribution is -2.73. The number of aliphatic hydroxyl groups excluding tert-OH is 1. The van der Waals surface area contributed by atoms with E-state index in [4.69, 9.17) is 9.52 Å². The summed E-state index contributed by atoms with van der Waals surface area (Å²) in [7, 11) is 0. The number of rotatable bonds is 7. The second kappa shape index (κ2) is 11.4. The first-order valence-corrected chi connectivity index (χ1v) is 13.4. The molecule has 0 aliphatic carbocycles. The summed E-state index contributed by atoms with van der Waals surface area (Å²) in [6, 6.07) is -0.847. The van der Waals surface area contributed by atoms with Gasteiger partial charge in [-0.1, -0.05) is 0 Å². The molecule has 0 aromatic carbocycles. The van der Waals surface area contributed by atoms with Gasteiger partial charge in [0.05, 0.1) is 25.7 Å². The molecule has 16 heteroatoms. The van der Waals surface area contributed by atoms with E-state index in [1.807, 2.05) is 0 Å². The number of nitrogens with zero attached hydrogens (tertiary/aromatic N) is 6. The van der Waals surface area contributed by atoms with Crippen molar-refractivity contribution < 1.29 is 43.4 Å². The van der Waals surface area contributed by atoms with E-state index < -0.39 is 35.1 Å². The van der Waals surface area contributed by atoms with Crippen molar-refractivity contribution >= 4 is 35.5 Å². The molecule has 0 saturated carbocycles. The van der Waals surface area contributed by atoms with Crippen LogP contribution < -0.4 is 5.32 Å². The van der Waals surface area contributed by atoms with Crippen LogP contribution in [0.25, 0.3) is 0 Å². The zero-order valence-corrected chi connectivity index (χ0v) is 23.2. The smallest absolute Gasteiger partial charge is 0.323 e. The summed E-state index contributed by atoms with van der Waals surface area (Å²) < 4.78 is 5.02. The number of aliphatic hydroxyl groups is 1. The van der Waals surface area contributed by atoms with Crippen LogP contribution in [-0.2, 0) is 28.8 Å². The molecular formula is C25H35N7O9. The highest BCUT2D eigenvalue weighted by Crippen LogP contribution is 2.39. The normalized spacial score (nSPS) is 26.3. The van der Waals surface area contributed by atoms with Crippen molar-refractivity contribution in [2.24, 2.45) is 0 Å². The number of carbonyl (C=O) groups is 6. The van der Waals surface area contributed by atoms with E-state index in [0.29, 0.717) is 39.0 Å². The van der Waals surface area contributed by atoms with Crippen LogP contribution in [0.3, 0.4) is 0 Å². The highest BCUT2D eigenvalue weighted by atomic mass is 16.4. The topological polar surface area (TPSA) is 207 Å². The number of aliphatic carboxylic acids is 1. The standard InChI is InChI=1S/C15H21N5O5.C10H14N2O4/c1-9(21)12(13-18-16-8-25-13)17-11(23)6-19-7-15(14(19)24)4-3-5-20(15)10(2)22;1-7(13)12-4-2-3-10(12)6-11(9(10)16)5-8(14)15/h8-9,12,21H,3-7H2,1-2H3,(H,17,23);2-6H2,1H3,(H,14,15)/t9-,12+,15?;/m1./s1. The molecule has 41 heavy (non-hydrogen) atoms. The van der Waals surface area contributed by atoms with Crippen molar-refractivity contribution in [3.63, 3.8) is 0 Å². The third kappa shape index (κ3) is 5.47. The summed E-state index contributed by atoms with van der Waals surface area (Å²) in [6.07, 6.45) is 3.05. The van der Waals surface area contributed by atoms with Crippen molar-refractivity contribution in [2.45, 2.75) is 69.7 Å². The molecule has 0 radical (unpaired) electrons. The number of carboxylic acids is 1. The zero-order chi connectivity index (χ0) is 30.1. The fraction of sp³-hybridized carbons (Fsp3) is 0.680. The number of hydrogen-bond acceptors (Lipinski definition) is 10. The molecular weight excluding hydrogens is 542 g/mol. The Kier molecular flexibility index (Phi) is 8.33. The maximum absolute atomic E-state index is 12.5. The van der Waals surface area contributed by atoms with E-state index in [9.17, 15) is 33.9 Å². The molecule has 5 rings (SSSR count). The van der Waals surface area contributed by atoms with Crippen LogP contribution in [0.1, 0.15) is 58.4 Å². The predicted molar refractivity (Wildman–Crippen MR) is 136 cm³/mol. The number of amides is 5. The molecule has 4 atom stereocenters. The lowest BCUT2D eigenvalue weighted by Gasteiger charge is -2.50. The van der Waals surface area contributed by atoms with E-state index in [1.54, 1.807) is 9.80 Å². The maximum atomic E-state index is 12.5.